The fraction of sp³-hybridized carbons (Fsp3) is 0. The lowest BCUT2D eigenvalue weighted by Crippen LogP contribution is -1.88. The summed E-state index contributed by atoms with van der Waals surface area (Å²) in [4.78, 5) is 50.2. The van der Waals surface area contributed by atoms with Gasteiger partial charge < -0.3 is 19.7 Å². The number of phosphoric acid groups is 3. The van der Waals surface area contributed by atoms with Crippen LogP contribution in [0.4, 0.5) is 0 Å². The van der Waals surface area contributed by atoms with Gasteiger partial charge in [0.1, 0.15) is 17.2 Å². The molecule has 9 N–H and O–H groups in total. The number of hydrogen-bond donors (Lipinski definition) is 7. The number of para-hydroxylation sites is 3. The molecule has 0 bridgehead atoms. The molecule has 0 heterocycles. The van der Waals surface area contributed by atoms with Crippen molar-refractivity contribution in [2.24, 2.45) is 0 Å². The van der Waals surface area contributed by atoms with Gasteiger partial charge in [0.2, 0.25) is 0 Å². The van der Waals surface area contributed by atoms with E-state index in [1.54, 1.807) is 54.6 Å². The van der Waals surface area contributed by atoms with Crippen molar-refractivity contribution in [1.29, 1.82) is 0 Å². The zero-order valence-electron chi connectivity index (χ0n) is 18.0. The van der Waals surface area contributed by atoms with Crippen LogP contribution in [-0.2, 0) is 13.7 Å². The molecular formula is C18H27NO12P4. The van der Waals surface area contributed by atoms with Gasteiger partial charge >= 0.3 is 23.5 Å². The molecule has 35 heavy (non-hydrogen) atoms. The summed E-state index contributed by atoms with van der Waals surface area (Å²) < 4.78 is 43.6. The van der Waals surface area contributed by atoms with Crippen LogP contribution < -0.4 is 19.7 Å². The van der Waals surface area contributed by atoms with E-state index in [0.29, 0.717) is 0 Å². The molecule has 3 rings (SSSR count). The van der Waals surface area contributed by atoms with Gasteiger partial charge in [-0.25, -0.2) is 13.7 Å². The van der Waals surface area contributed by atoms with Gasteiger partial charge in [0.15, 0.2) is 0 Å². The van der Waals surface area contributed by atoms with Crippen molar-refractivity contribution in [3.63, 3.8) is 0 Å². The van der Waals surface area contributed by atoms with Crippen LogP contribution in [0.2, 0.25) is 0 Å². The van der Waals surface area contributed by atoms with E-state index in [1.807, 2.05) is 0 Å². The van der Waals surface area contributed by atoms with Crippen LogP contribution >= 0.6 is 33.4 Å². The van der Waals surface area contributed by atoms with Crippen molar-refractivity contribution >= 4 is 33.4 Å². The summed E-state index contributed by atoms with van der Waals surface area (Å²) in [5, 5.41) is 0. The second kappa shape index (κ2) is 16.5. The van der Waals surface area contributed by atoms with Crippen molar-refractivity contribution in [2.45, 2.75) is 0 Å². The molecular weight excluding hydrogens is 546 g/mol. The molecule has 0 spiro atoms. The number of hydrogen-bond acceptors (Lipinski definition) is 7. The Labute approximate surface area is 204 Å². The summed E-state index contributed by atoms with van der Waals surface area (Å²) in [5.74, 6) is 0.502. The Hall–Kier alpha value is -2.10. The van der Waals surface area contributed by atoms with Gasteiger partial charge in [-0.15, -0.1) is 0 Å². The van der Waals surface area contributed by atoms with Crippen LogP contribution in [0.15, 0.2) is 91.0 Å². The highest BCUT2D eigenvalue weighted by Crippen LogP contribution is 2.38. The molecule has 0 amide bonds. The van der Waals surface area contributed by atoms with E-state index in [2.05, 4.69) is 13.6 Å². The third-order valence-electron chi connectivity index (χ3n) is 2.90. The summed E-state index contributed by atoms with van der Waals surface area (Å²) in [5.41, 5.74) is 0. The molecule has 0 radical (unpaired) electrons. The summed E-state index contributed by atoms with van der Waals surface area (Å²) in [6, 6.07) is 23.8. The molecule has 0 aliphatic rings. The summed E-state index contributed by atoms with van der Waals surface area (Å²) >= 11 is 0. The van der Waals surface area contributed by atoms with Crippen LogP contribution in [0, 0.1) is 0 Å². The first-order chi connectivity index (χ1) is 15.2. The Kier molecular flexibility index (Phi) is 16.6. The van der Waals surface area contributed by atoms with Gasteiger partial charge in [0.25, 0.3) is 0 Å². The zero-order chi connectivity index (χ0) is 25.0. The molecule has 0 aliphatic heterocycles. The molecule has 196 valence electrons. The standard InChI is InChI=1S/3C6H7O4P.H3N.H3P/c3*7-11(8,9)10-6-4-2-1-3-5-6;;/h3*1-5H,(H2,7,8,9);2*1H3. The van der Waals surface area contributed by atoms with Crippen molar-refractivity contribution in [3.05, 3.63) is 91.0 Å². The smallest absolute Gasteiger partial charge is 0.404 e. The van der Waals surface area contributed by atoms with E-state index in [9.17, 15) is 13.7 Å². The van der Waals surface area contributed by atoms with Crippen molar-refractivity contribution in [3.8, 4) is 17.2 Å². The van der Waals surface area contributed by atoms with E-state index in [1.165, 1.54) is 36.4 Å². The predicted octanol–water partition coefficient (Wildman–Crippen LogP) is 3.69. The molecule has 0 fully saturated rings. The summed E-state index contributed by atoms with van der Waals surface area (Å²) in [6.45, 7) is 0. The third kappa shape index (κ3) is 20.9. The monoisotopic (exact) mass is 573 g/mol. The molecule has 17 heteroatoms. The summed E-state index contributed by atoms with van der Waals surface area (Å²) in [7, 11) is -13.2. The maximum absolute atomic E-state index is 10.3. The lowest BCUT2D eigenvalue weighted by atomic mass is 10.3. The highest BCUT2D eigenvalue weighted by atomic mass is 31.2. The Balaban J connectivity index is 0. The molecule has 1 unspecified atom stereocenters. The number of rotatable bonds is 6. The lowest BCUT2D eigenvalue weighted by Gasteiger charge is -2.04. The van der Waals surface area contributed by atoms with Gasteiger partial charge in [0, 0.05) is 0 Å². The molecule has 3 aromatic carbocycles. The Morgan fingerprint density at radius 2 is 0.600 bits per heavy atom. The van der Waals surface area contributed by atoms with Crippen molar-refractivity contribution in [1.82, 2.24) is 6.15 Å². The largest absolute Gasteiger partial charge is 0.524 e. The average Bonchev–Trinajstić information content (AvgIpc) is 2.67. The Morgan fingerprint density at radius 3 is 0.743 bits per heavy atom. The van der Waals surface area contributed by atoms with E-state index in [4.69, 9.17) is 29.4 Å². The molecule has 3 aromatic rings. The Morgan fingerprint density at radius 1 is 0.429 bits per heavy atom. The molecule has 0 saturated carbocycles. The third-order valence-corrected chi connectivity index (χ3v) is 4.25. The Bertz CT molecular complexity index is 947. The van der Waals surface area contributed by atoms with Crippen LogP contribution in [-0.4, -0.2) is 29.4 Å². The lowest BCUT2D eigenvalue weighted by molar-refractivity contribution is 0.281. The number of phosphoric ester groups is 3. The van der Waals surface area contributed by atoms with E-state index in [-0.39, 0.29) is 33.3 Å². The highest BCUT2D eigenvalue weighted by molar-refractivity contribution is 7.47. The second-order valence-corrected chi connectivity index (χ2v) is 9.18. The molecule has 1 atom stereocenters. The quantitative estimate of drug-likeness (QED) is 0.209. The average molecular weight is 573 g/mol. The van der Waals surface area contributed by atoms with Crippen LogP contribution in [0.3, 0.4) is 0 Å². The van der Waals surface area contributed by atoms with Crippen LogP contribution in [0.5, 0.6) is 17.2 Å². The van der Waals surface area contributed by atoms with Crippen molar-refractivity contribution in [2.75, 3.05) is 0 Å². The first kappa shape index (κ1) is 35.1. The highest BCUT2D eigenvalue weighted by Gasteiger charge is 2.16. The van der Waals surface area contributed by atoms with Gasteiger partial charge in [0.05, 0.1) is 0 Å². The van der Waals surface area contributed by atoms with Gasteiger partial charge in [-0.1, -0.05) is 54.6 Å². The predicted molar refractivity (Wildman–Crippen MR) is 133 cm³/mol. The van der Waals surface area contributed by atoms with Gasteiger partial charge in [-0.2, -0.15) is 9.90 Å². The van der Waals surface area contributed by atoms with E-state index < -0.39 is 23.5 Å². The SMILES string of the molecule is N.O=P(O)(O)Oc1ccccc1.O=P(O)(O)Oc1ccccc1.O=P(O)(O)Oc1ccccc1.P. The normalized spacial score (nSPS) is 10.5. The zero-order valence-corrected chi connectivity index (χ0v) is 22.1. The van der Waals surface area contributed by atoms with Gasteiger partial charge in [-0.3, -0.25) is 29.4 Å². The fourth-order valence-electron chi connectivity index (χ4n) is 1.86. The van der Waals surface area contributed by atoms with Gasteiger partial charge in [-0.05, 0) is 36.4 Å². The van der Waals surface area contributed by atoms with Crippen LogP contribution in [0.1, 0.15) is 0 Å². The fourth-order valence-corrected chi connectivity index (χ4v) is 3.05. The topological polar surface area (TPSA) is 235 Å². The number of benzene rings is 3. The van der Waals surface area contributed by atoms with E-state index >= 15 is 0 Å². The first-order valence-electron chi connectivity index (χ1n) is 8.64. The maximum Gasteiger partial charge on any atom is 0.524 e. The minimum Gasteiger partial charge on any atom is -0.404 e. The first-order valence-corrected chi connectivity index (χ1v) is 13.2. The second-order valence-electron chi connectivity index (χ2n) is 5.68. The summed E-state index contributed by atoms with van der Waals surface area (Å²) in [6.07, 6.45) is 0. The maximum atomic E-state index is 10.3. The molecule has 0 aliphatic carbocycles. The minimum absolute atomic E-state index is 0. The van der Waals surface area contributed by atoms with Crippen LogP contribution in [0.25, 0.3) is 0 Å². The minimum atomic E-state index is -4.39. The molecule has 13 nitrogen and oxygen atoms in total. The van der Waals surface area contributed by atoms with E-state index in [0.717, 1.165) is 0 Å². The molecule has 0 aromatic heterocycles. The van der Waals surface area contributed by atoms with Crippen molar-refractivity contribution < 1.29 is 56.6 Å². The molecule has 0 saturated heterocycles.